The molecule has 0 aromatic rings. The predicted octanol–water partition coefficient (Wildman–Crippen LogP) is 2.32. The first kappa shape index (κ1) is 15.8. The Bertz CT molecular complexity index is 326. The van der Waals surface area contributed by atoms with Gasteiger partial charge in [0.2, 0.25) is 0 Å². The van der Waals surface area contributed by atoms with E-state index in [2.05, 4.69) is 17.1 Å². The molecule has 0 aromatic heterocycles. The number of nitrogens with one attached hydrogen (secondary N) is 1. The summed E-state index contributed by atoms with van der Waals surface area (Å²) in [6, 6.07) is 1.28. The highest BCUT2D eigenvalue weighted by Crippen LogP contribution is 2.29. The van der Waals surface area contributed by atoms with Gasteiger partial charge in [0, 0.05) is 18.6 Å². The van der Waals surface area contributed by atoms with Crippen LogP contribution in [0.5, 0.6) is 0 Å². The summed E-state index contributed by atoms with van der Waals surface area (Å²) in [5.74, 6) is -0.0841. The van der Waals surface area contributed by atoms with Crippen molar-refractivity contribution in [2.24, 2.45) is 0 Å². The first-order valence-electron chi connectivity index (χ1n) is 8.28. The van der Waals surface area contributed by atoms with Crippen molar-refractivity contribution in [3.05, 3.63) is 0 Å². The Labute approximate surface area is 123 Å². The van der Waals surface area contributed by atoms with Crippen molar-refractivity contribution in [2.75, 3.05) is 19.7 Å². The van der Waals surface area contributed by atoms with Gasteiger partial charge < -0.3 is 9.64 Å². The lowest BCUT2D eigenvalue weighted by Crippen LogP contribution is -2.53. The van der Waals surface area contributed by atoms with Crippen molar-refractivity contribution >= 4 is 5.97 Å². The molecule has 1 N–H and O–H groups in total. The average molecular weight is 282 g/mol. The molecule has 2 aliphatic rings. The van der Waals surface area contributed by atoms with Crippen LogP contribution in [-0.2, 0) is 9.53 Å². The minimum absolute atomic E-state index is 0.0841. The molecule has 4 nitrogen and oxygen atoms in total. The van der Waals surface area contributed by atoms with E-state index in [-0.39, 0.29) is 5.97 Å². The van der Waals surface area contributed by atoms with E-state index in [4.69, 9.17) is 4.74 Å². The molecule has 4 heteroatoms. The van der Waals surface area contributed by atoms with Crippen LogP contribution in [0.15, 0.2) is 0 Å². The van der Waals surface area contributed by atoms with Gasteiger partial charge in [0.25, 0.3) is 0 Å². The van der Waals surface area contributed by atoms with Crippen LogP contribution in [-0.4, -0.2) is 48.2 Å². The third-order valence-electron chi connectivity index (χ3n) is 4.30. The number of nitrogens with zero attached hydrogens (tertiary/aromatic N) is 1. The average Bonchev–Trinajstić information content (AvgIpc) is 3.27. The van der Waals surface area contributed by atoms with Crippen molar-refractivity contribution in [1.82, 2.24) is 10.2 Å². The maximum atomic E-state index is 12.3. The fourth-order valence-electron chi connectivity index (χ4n) is 2.77. The second kappa shape index (κ2) is 6.90. The standard InChI is InChI=1S/C16H30N2O2/c1-4-11-18(14-8-9-14)12-10-16(3,15(19)20-5-2)17-13-6-7-13/h13-14,17H,4-12H2,1-3H3. The summed E-state index contributed by atoms with van der Waals surface area (Å²) in [7, 11) is 0. The van der Waals surface area contributed by atoms with Crippen LogP contribution in [0.2, 0.25) is 0 Å². The van der Waals surface area contributed by atoms with Crippen LogP contribution < -0.4 is 5.32 Å². The molecule has 0 aromatic carbocycles. The summed E-state index contributed by atoms with van der Waals surface area (Å²) in [6.45, 7) is 8.72. The number of carbonyl (C=O) groups is 1. The van der Waals surface area contributed by atoms with E-state index in [1.165, 1.54) is 32.1 Å². The number of ether oxygens (including phenoxy) is 1. The van der Waals surface area contributed by atoms with Gasteiger partial charge in [-0.1, -0.05) is 6.92 Å². The third-order valence-corrected chi connectivity index (χ3v) is 4.30. The van der Waals surface area contributed by atoms with Crippen molar-refractivity contribution in [3.8, 4) is 0 Å². The molecule has 2 rings (SSSR count). The summed E-state index contributed by atoms with van der Waals surface area (Å²) >= 11 is 0. The van der Waals surface area contributed by atoms with E-state index in [9.17, 15) is 4.79 Å². The Morgan fingerprint density at radius 2 is 1.95 bits per heavy atom. The van der Waals surface area contributed by atoms with Gasteiger partial charge in [-0.2, -0.15) is 0 Å². The van der Waals surface area contributed by atoms with Crippen LogP contribution in [0, 0.1) is 0 Å². The van der Waals surface area contributed by atoms with Crippen molar-refractivity contribution in [1.29, 1.82) is 0 Å². The fourth-order valence-corrected chi connectivity index (χ4v) is 2.77. The lowest BCUT2D eigenvalue weighted by atomic mass is 9.97. The molecule has 20 heavy (non-hydrogen) atoms. The molecule has 0 radical (unpaired) electrons. The Morgan fingerprint density at radius 1 is 1.25 bits per heavy atom. The second-order valence-electron chi connectivity index (χ2n) is 6.49. The number of carbonyl (C=O) groups excluding carboxylic acids is 1. The van der Waals surface area contributed by atoms with E-state index in [0.29, 0.717) is 12.6 Å². The van der Waals surface area contributed by atoms with E-state index in [0.717, 1.165) is 25.6 Å². The zero-order valence-electron chi connectivity index (χ0n) is 13.3. The van der Waals surface area contributed by atoms with Gasteiger partial charge in [-0.15, -0.1) is 0 Å². The Hall–Kier alpha value is -0.610. The van der Waals surface area contributed by atoms with Crippen LogP contribution in [0.3, 0.4) is 0 Å². The van der Waals surface area contributed by atoms with Crippen molar-refractivity contribution in [2.45, 2.75) is 76.9 Å². The summed E-state index contributed by atoms with van der Waals surface area (Å²) in [5.41, 5.74) is -0.516. The van der Waals surface area contributed by atoms with E-state index in [1.807, 2.05) is 13.8 Å². The number of hydrogen-bond donors (Lipinski definition) is 1. The first-order chi connectivity index (χ1) is 9.59. The zero-order valence-corrected chi connectivity index (χ0v) is 13.3. The van der Waals surface area contributed by atoms with Gasteiger partial charge in [-0.05, 0) is 58.9 Å². The monoisotopic (exact) mass is 282 g/mol. The summed E-state index contributed by atoms with van der Waals surface area (Å²) in [6.07, 6.45) is 7.06. The number of esters is 1. The molecule has 0 saturated heterocycles. The van der Waals surface area contributed by atoms with E-state index >= 15 is 0 Å². The minimum atomic E-state index is -0.516. The highest BCUT2D eigenvalue weighted by molar-refractivity contribution is 5.80. The topological polar surface area (TPSA) is 41.6 Å². The molecule has 2 saturated carbocycles. The van der Waals surface area contributed by atoms with Crippen LogP contribution >= 0.6 is 0 Å². The number of hydrogen-bond acceptors (Lipinski definition) is 4. The zero-order chi connectivity index (χ0) is 14.6. The van der Waals surface area contributed by atoms with E-state index in [1.54, 1.807) is 0 Å². The molecule has 2 fully saturated rings. The summed E-state index contributed by atoms with van der Waals surface area (Å²) in [4.78, 5) is 14.8. The van der Waals surface area contributed by atoms with Gasteiger partial charge in [-0.3, -0.25) is 10.1 Å². The second-order valence-corrected chi connectivity index (χ2v) is 6.49. The molecule has 2 aliphatic carbocycles. The molecule has 1 atom stereocenters. The molecule has 0 spiro atoms. The largest absolute Gasteiger partial charge is 0.465 e. The van der Waals surface area contributed by atoms with Crippen molar-refractivity contribution in [3.63, 3.8) is 0 Å². The molecular formula is C16H30N2O2. The predicted molar refractivity (Wildman–Crippen MR) is 80.7 cm³/mol. The van der Waals surface area contributed by atoms with Gasteiger partial charge in [0.05, 0.1) is 6.61 Å². The van der Waals surface area contributed by atoms with Crippen molar-refractivity contribution < 1.29 is 9.53 Å². The number of rotatable bonds is 10. The summed E-state index contributed by atoms with van der Waals surface area (Å²) in [5, 5.41) is 3.51. The smallest absolute Gasteiger partial charge is 0.326 e. The highest BCUT2D eigenvalue weighted by atomic mass is 16.5. The molecule has 116 valence electrons. The Balaban J connectivity index is 1.89. The Kier molecular flexibility index (Phi) is 5.44. The van der Waals surface area contributed by atoms with Gasteiger partial charge >= 0.3 is 5.97 Å². The van der Waals surface area contributed by atoms with Crippen LogP contribution in [0.25, 0.3) is 0 Å². The normalized spacial score (nSPS) is 21.8. The Morgan fingerprint density at radius 3 is 2.45 bits per heavy atom. The lowest BCUT2D eigenvalue weighted by molar-refractivity contribution is -0.151. The quantitative estimate of drug-likeness (QED) is 0.624. The first-order valence-corrected chi connectivity index (χ1v) is 8.28. The molecule has 0 heterocycles. The maximum absolute atomic E-state index is 12.3. The third kappa shape index (κ3) is 4.45. The molecule has 1 unspecified atom stereocenters. The minimum Gasteiger partial charge on any atom is -0.465 e. The van der Waals surface area contributed by atoms with Crippen LogP contribution in [0.1, 0.15) is 59.3 Å². The van der Waals surface area contributed by atoms with Crippen LogP contribution in [0.4, 0.5) is 0 Å². The molecular weight excluding hydrogens is 252 g/mol. The molecule has 0 bridgehead atoms. The van der Waals surface area contributed by atoms with Gasteiger partial charge in [0.15, 0.2) is 0 Å². The highest BCUT2D eigenvalue weighted by Gasteiger charge is 2.40. The fraction of sp³-hybridized carbons (Fsp3) is 0.938. The summed E-state index contributed by atoms with van der Waals surface area (Å²) < 4.78 is 5.28. The maximum Gasteiger partial charge on any atom is 0.326 e. The SMILES string of the molecule is CCCN(CCC(C)(NC1CC1)C(=O)OCC)C1CC1. The van der Waals surface area contributed by atoms with E-state index < -0.39 is 5.54 Å². The lowest BCUT2D eigenvalue weighted by Gasteiger charge is -2.31. The van der Waals surface area contributed by atoms with Gasteiger partial charge in [0.1, 0.15) is 5.54 Å². The van der Waals surface area contributed by atoms with Gasteiger partial charge in [-0.25, -0.2) is 0 Å². The molecule has 0 amide bonds. The molecule has 0 aliphatic heterocycles.